The maximum atomic E-state index is 12.3. The molecule has 0 aliphatic rings. The van der Waals surface area contributed by atoms with Crippen LogP contribution in [0.25, 0.3) is 10.2 Å². The molecule has 1 aromatic carbocycles. The number of aromatic nitrogens is 2. The van der Waals surface area contributed by atoms with Crippen LogP contribution in [0.15, 0.2) is 35.1 Å². The van der Waals surface area contributed by atoms with Gasteiger partial charge in [-0.25, -0.2) is 4.98 Å². The third-order valence-corrected chi connectivity index (χ3v) is 4.73. The number of fused-ring (bicyclic) bond motifs is 1. The van der Waals surface area contributed by atoms with Gasteiger partial charge in [-0.15, -0.1) is 11.3 Å². The van der Waals surface area contributed by atoms with E-state index in [0.29, 0.717) is 11.2 Å². The van der Waals surface area contributed by atoms with E-state index in [9.17, 15) is 4.79 Å². The van der Waals surface area contributed by atoms with E-state index in [1.54, 1.807) is 11.3 Å². The first-order valence-electron chi connectivity index (χ1n) is 6.87. The number of nitrogens with one attached hydrogen (secondary N) is 2. The fraction of sp³-hybridized carbons (Fsp3) is 0.250. The van der Waals surface area contributed by atoms with Crippen LogP contribution < -0.4 is 10.9 Å². The van der Waals surface area contributed by atoms with Crippen molar-refractivity contribution in [2.75, 3.05) is 5.32 Å². The Balaban J connectivity index is 1.99. The summed E-state index contributed by atoms with van der Waals surface area (Å²) >= 11 is 1.57. The zero-order chi connectivity index (χ0) is 15.0. The van der Waals surface area contributed by atoms with E-state index < -0.39 is 0 Å². The molecule has 0 aliphatic heterocycles. The van der Waals surface area contributed by atoms with Gasteiger partial charge < -0.3 is 10.3 Å². The van der Waals surface area contributed by atoms with Crippen molar-refractivity contribution in [1.29, 1.82) is 0 Å². The van der Waals surface area contributed by atoms with Crippen LogP contribution in [0.5, 0.6) is 0 Å². The molecule has 0 spiro atoms. The molecule has 0 saturated heterocycles. The van der Waals surface area contributed by atoms with Crippen molar-refractivity contribution >= 4 is 27.2 Å². The van der Waals surface area contributed by atoms with Crippen molar-refractivity contribution in [1.82, 2.24) is 9.97 Å². The van der Waals surface area contributed by atoms with Crippen LogP contribution >= 0.6 is 11.3 Å². The van der Waals surface area contributed by atoms with Crippen LogP contribution in [-0.2, 0) is 0 Å². The summed E-state index contributed by atoms with van der Waals surface area (Å²) in [4.78, 5) is 21.7. The molecule has 2 aromatic heterocycles. The molecule has 0 saturated carbocycles. The van der Waals surface area contributed by atoms with Crippen molar-refractivity contribution in [3.05, 3.63) is 57.0 Å². The lowest BCUT2D eigenvalue weighted by Gasteiger charge is -2.14. The van der Waals surface area contributed by atoms with Crippen LogP contribution in [0.1, 0.15) is 29.2 Å². The van der Waals surface area contributed by atoms with Crippen molar-refractivity contribution in [2.45, 2.75) is 26.8 Å². The smallest absolute Gasteiger partial charge is 0.259 e. The summed E-state index contributed by atoms with van der Waals surface area (Å²) in [6.45, 7) is 5.98. The van der Waals surface area contributed by atoms with Gasteiger partial charge in [0.1, 0.15) is 10.7 Å². The van der Waals surface area contributed by atoms with Crippen molar-refractivity contribution in [3.8, 4) is 0 Å². The van der Waals surface area contributed by atoms with E-state index in [2.05, 4.69) is 15.3 Å². The molecule has 1 unspecified atom stereocenters. The number of H-pyrrole nitrogens is 1. The Labute approximate surface area is 126 Å². The molecule has 1 atom stereocenters. The number of nitrogens with zero attached hydrogens (tertiary/aromatic N) is 1. The predicted molar refractivity (Wildman–Crippen MR) is 88.2 cm³/mol. The van der Waals surface area contributed by atoms with Crippen molar-refractivity contribution < 1.29 is 0 Å². The fourth-order valence-electron chi connectivity index (χ4n) is 2.33. The van der Waals surface area contributed by atoms with Gasteiger partial charge in [-0.1, -0.05) is 18.2 Å². The largest absolute Gasteiger partial charge is 0.375 e. The molecule has 108 valence electrons. The first-order chi connectivity index (χ1) is 10.1. The normalized spacial score (nSPS) is 12.5. The van der Waals surface area contributed by atoms with E-state index >= 15 is 0 Å². The molecule has 2 heterocycles. The Kier molecular flexibility index (Phi) is 3.51. The molecule has 2 N–H and O–H groups in total. The number of aromatic amines is 1. The van der Waals surface area contributed by atoms with Crippen LogP contribution in [-0.4, -0.2) is 9.97 Å². The molecule has 0 amide bonds. The lowest BCUT2D eigenvalue weighted by molar-refractivity contribution is 0.792. The monoisotopic (exact) mass is 299 g/mol. The molecule has 5 heteroatoms. The summed E-state index contributed by atoms with van der Waals surface area (Å²) in [7, 11) is 0. The minimum absolute atomic E-state index is 0.0569. The molecule has 3 aromatic rings. The Bertz CT molecular complexity index is 836. The van der Waals surface area contributed by atoms with Crippen molar-refractivity contribution in [3.63, 3.8) is 0 Å². The molecule has 0 radical (unpaired) electrons. The topological polar surface area (TPSA) is 57.8 Å². The van der Waals surface area contributed by atoms with Crippen LogP contribution in [0, 0.1) is 13.8 Å². The number of anilines is 1. The van der Waals surface area contributed by atoms with Gasteiger partial charge in [0.25, 0.3) is 5.56 Å². The number of thiophene rings is 1. The SMILES string of the molecule is Cc1sc2nc(C(C)Nc3ccccc3)[nH]c(=O)c2c1C. The van der Waals surface area contributed by atoms with Crippen molar-refractivity contribution in [2.24, 2.45) is 0 Å². The Morgan fingerprint density at radius 2 is 1.95 bits per heavy atom. The number of hydrogen-bond acceptors (Lipinski definition) is 4. The summed E-state index contributed by atoms with van der Waals surface area (Å²) in [5, 5.41) is 4.06. The molecule has 0 bridgehead atoms. The van der Waals surface area contributed by atoms with E-state index in [-0.39, 0.29) is 11.6 Å². The van der Waals surface area contributed by atoms with Crippen LogP contribution in [0.4, 0.5) is 5.69 Å². The van der Waals surface area contributed by atoms with Gasteiger partial charge in [0.05, 0.1) is 11.4 Å². The van der Waals surface area contributed by atoms with E-state index in [4.69, 9.17) is 0 Å². The highest BCUT2D eigenvalue weighted by atomic mass is 32.1. The van der Waals surface area contributed by atoms with Gasteiger partial charge >= 0.3 is 0 Å². The summed E-state index contributed by atoms with van der Waals surface area (Å²) in [6.07, 6.45) is 0. The van der Waals surface area contributed by atoms with E-state index in [1.807, 2.05) is 51.1 Å². The summed E-state index contributed by atoms with van der Waals surface area (Å²) < 4.78 is 0. The third-order valence-electron chi connectivity index (χ3n) is 3.62. The molecular weight excluding hydrogens is 282 g/mol. The van der Waals surface area contributed by atoms with Crippen LogP contribution in [0.3, 0.4) is 0 Å². The first-order valence-corrected chi connectivity index (χ1v) is 7.69. The Hall–Kier alpha value is -2.14. The highest BCUT2D eigenvalue weighted by Crippen LogP contribution is 2.26. The standard InChI is InChI=1S/C16H17N3OS/c1-9-11(3)21-16-13(9)15(20)18-14(19-16)10(2)17-12-7-5-4-6-8-12/h4-8,10,17H,1-3H3,(H,18,19,20). The number of para-hydroxylation sites is 1. The van der Waals surface area contributed by atoms with Gasteiger partial charge in [-0.05, 0) is 38.5 Å². The second-order valence-electron chi connectivity index (χ2n) is 5.15. The second kappa shape index (κ2) is 5.33. The third kappa shape index (κ3) is 2.56. The molecule has 3 rings (SSSR count). The Morgan fingerprint density at radius 3 is 2.67 bits per heavy atom. The zero-order valence-corrected chi connectivity index (χ0v) is 13.0. The van der Waals surface area contributed by atoms with Crippen LogP contribution in [0.2, 0.25) is 0 Å². The number of rotatable bonds is 3. The minimum atomic E-state index is -0.0628. The lowest BCUT2D eigenvalue weighted by Crippen LogP contribution is -2.17. The average Bonchev–Trinajstić information content (AvgIpc) is 2.75. The zero-order valence-electron chi connectivity index (χ0n) is 12.2. The maximum Gasteiger partial charge on any atom is 0.259 e. The van der Waals surface area contributed by atoms with E-state index in [0.717, 1.165) is 21.0 Å². The van der Waals surface area contributed by atoms with Gasteiger partial charge in [0.2, 0.25) is 0 Å². The molecule has 0 aliphatic carbocycles. The highest BCUT2D eigenvalue weighted by Gasteiger charge is 2.15. The van der Waals surface area contributed by atoms with Gasteiger partial charge in [0, 0.05) is 10.6 Å². The molecule has 0 fully saturated rings. The minimum Gasteiger partial charge on any atom is -0.375 e. The van der Waals surface area contributed by atoms with Gasteiger partial charge in [-0.2, -0.15) is 0 Å². The highest BCUT2D eigenvalue weighted by molar-refractivity contribution is 7.18. The number of aryl methyl sites for hydroxylation is 2. The Morgan fingerprint density at radius 1 is 1.24 bits per heavy atom. The average molecular weight is 299 g/mol. The fourth-order valence-corrected chi connectivity index (χ4v) is 3.37. The second-order valence-corrected chi connectivity index (χ2v) is 6.35. The quantitative estimate of drug-likeness (QED) is 0.774. The number of benzene rings is 1. The summed E-state index contributed by atoms with van der Waals surface area (Å²) in [5.74, 6) is 0.664. The lowest BCUT2D eigenvalue weighted by atomic mass is 10.2. The van der Waals surface area contributed by atoms with Gasteiger partial charge in [-0.3, -0.25) is 4.79 Å². The van der Waals surface area contributed by atoms with E-state index in [1.165, 1.54) is 0 Å². The first kappa shape index (κ1) is 13.8. The summed E-state index contributed by atoms with van der Waals surface area (Å²) in [6, 6.07) is 9.84. The van der Waals surface area contributed by atoms with Gasteiger partial charge in [0.15, 0.2) is 0 Å². The molecule has 21 heavy (non-hydrogen) atoms. The molecule has 4 nitrogen and oxygen atoms in total. The maximum absolute atomic E-state index is 12.3. The predicted octanol–water partition coefficient (Wildman–Crippen LogP) is 3.77. The number of hydrogen-bond donors (Lipinski definition) is 2. The summed E-state index contributed by atoms with van der Waals surface area (Å²) in [5.41, 5.74) is 1.98. The molecular formula is C16H17N3OS.